The van der Waals surface area contributed by atoms with Gasteiger partial charge in [-0.2, -0.15) is 0 Å². The van der Waals surface area contributed by atoms with Gasteiger partial charge >= 0.3 is 0 Å². The van der Waals surface area contributed by atoms with E-state index in [0.717, 1.165) is 43.1 Å². The van der Waals surface area contributed by atoms with Crippen molar-refractivity contribution in [2.45, 2.75) is 33.1 Å². The number of allylic oxidation sites excluding steroid dienone is 1. The summed E-state index contributed by atoms with van der Waals surface area (Å²) < 4.78 is 5.75. The molecule has 0 aromatic carbocycles. The summed E-state index contributed by atoms with van der Waals surface area (Å²) >= 11 is 0. The fraction of sp³-hybridized carbons (Fsp3) is 0.562. The Hall–Kier alpha value is -1.55. The molecular formula is C16H24N2O2. The molecule has 0 aliphatic carbocycles. The maximum absolute atomic E-state index is 9.15. The highest BCUT2D eigenvalue weighted by molar-refractivity contribution is 5.56. The van der Waals surface area contributed by atoms with E-state index in [0.29, 0.717) is 12.5 Å². The van der Waals surface area contributed by atoms with Crippen LogP contribution in [0.25, 0.3) is 0 Å². The van der Waals surface area contributed by atoms with E-state index in [9.17, 15) is 0 Å². The van der Waals surface area contributed by atoms with Crippen LogP contribution in [0.4, 0.5) is 5.82 Å². The highest BCUT2D eigenvalue weighted by atomic mass is 16.5. The van der Waals surface area contributed by atoms with E-state index in [4.69, 9.17) is 9.84 Å². The topological polar surface area (TPSA) is 45.6 Å². The Balaban J connectivity index is 2.09. The van der Waals surface area contributed by atoms with Crippen LogP contribution in [0, 0.1) is 5.92 Å². The number of hydrogen-bond acceptors (Lipinski definition) is 4. The fourth-order valence-electron chi connectivity index (χ4n) is 2.33. The van der Waals surface area contributed by atoms with Crippen molar-refractivity contribution in [3.63, 3.8) is 0 Å². The zero-order valence-corrected chi connectivity index (χ0v) is 12.4. The van der Waals surface area contributed by atoms with Crippen LogP contribution in [0.1, 0.15) is 32.3 Å². The smallest absolute Gasteiger partial charge is 0.138 e. The number of β-amino-alcohol motifs (C(OH)–C–C–N with tert-alkyl or cyclic N) is 1. The largest absolute Gasteiger partial charge is 0.492 e. The van der Waals surface area contributed by atoms with Crippen molar-refractivity contribution < 1.29 is 9.84 Å². The van der Waals surface area contributed by atoms with E-state index < -0.39 is 0 Å². The number of fused-ring (bicyclic) bond motifs is 1. The summed E-state index contributed by atoms with van der Waals surface area (Å²) in [6.45, 7) is 9.80. The summed E-state index contributed by atoms with van der Waals surface area (Å²) in [6, 6.07) is 2.07. The number of pyridine rings is 1. The molecule has 0 saturated carbocycles. The Bertz CT molecular complexity index is 472. The van der Waals surface area contributed by atoms with Gasteiger partial charge in [-0.3, -0.25) is 0 Å². The van der Waals surface area contributed by atoms with E-state index in [1.165, 1.54) is 5.56 Å². The summed E-state index contributed by atoms with van der Waals surface area (Å²) in [5.41, 5.74) is 2.19. The second kappa shape index (κ2) is 6.75. The number of ether oxygens (including phenoxy) is 1. The summed E-state index contributed by atoms with van der Waals surface area (Å²) in [4.78, 5) is 6.49. The van der Waals surface area contributed by atoms with Gasteiger partial charge in [-0.15, -0.1) is 0 Å². The quantitative estimate of drug-likeness (QED) is 0.868. The van der Waals surface area contributed by atoms with E-state index in [2.05, 4.69) is 31.5 Å². The van der Waals surface area contributed by atoms with Gasteiger partial charge in [0.25, 0.3) is 0 Å². The van der Waals surface area contributed by atoms with Gasteiger partial charge in [0.15, 0.2) is 0 Å². The predicted octanol–water partition coefficient (Wildman–Crippen LogP) is 2.77. The molecule has 1 aromatic rings. The molecule has 2 rings (SSSR count). The molecular weight excluding hydrogens is 252 g/mol. The third-order valence-corrected chi connectivity index (χ3v) is 3.53. The zero-order chi connectivity index (χ0) is 14.5. The lowest BCUT2D eigenvalue weighted by Crippen LogP contribution is -2.30. The first-order valence-electron chi connectivity index (χ1n) is 7.29. The SMILES string of the molecule is C=C1CCc2cc(OCCC(C)C)cnc2N1CCO. The first kappa shape index (κ1) is 14.9. The van der Waals surface area contributed by atoms with Crippen molar-refractivity contribution in [3.05, 3.63) is 30.1 Å². The number of aliphatic hydroxyl groups is 1. The monoisotopic (exact) mass is 276 g/mol. The van der Waals surface area contributed by atoms with Crippen LogP contribution < -0.4 is 9.64 Å². The van der Waals surface area contributed by atoms with Crippen LogP contribution in [0.5, 0.6) is 5.75 Å². The normalized spacial score (nSPS) is 14.6. The van der Waals surface area contributed by atoms with Crippen LogP contribution in [0.3, 0.4) is 0 Å². The molecule has 0 atom stereocenters. The minimum absolute atomic E-state index is 0.104. The van der Waals surface area contributed by atoms with Crippen molar-refractivity contribution >= 4 is 5.82 Å². The third kappa shape index (κ3) is 3.51. The van der Waals surface area contributed by atoms with E-state index in [1.54, 1.807) is 6.20 Å². The summed E-state index contributed by atoms with van der Waals surface area (Å²) in [6.07, 6.45) is 4.65. The average Bonchev–Trinajstić information content (AvgIpc) is 2.42. The van der Waals surface area contributed by atoms with Crippen molar-refractivity contribution in [1.29, 1.82) is 0 Å². The molecule has 0 bridgehead atoms. The van der Waals surface area contributed by atoms with E-state index in [-0.39, 0.29) is 6.61 Å². The minimum atomic E-state index is 0.104. The Kier molecular flexibility index (Phi) is 5.01. The number of aromatic nitrogens is 1. The van der Waals surface area contributed by atoms with Crippen molar-refractivity contribution in [3.8, 4) is 5.75 Å². The molecule has 1 aliphatic heterocycles. The lowest BCUT2D eigenvalue weighted by atomic mass is 10.0. The molecule has 4 nitrogen and oxygen atoms in total. The number of hydrogen-bond donors (Lipinski definition) is 1. The van der Waals surface area contributed by atoms with Crippen LogP contribution in [0.15, 0.2) is 24.5 Å². The number of rotatable bonds is 6. The summed E-state index contributed by atoms with van der Waals surface area (Å²) in [5, 5.41) is 9.15. The van der Waals surface area contributed by atoms with Gasteiger partial charge in [-0.05, 0) is 36.8 Å². The van der Waals surface area contributed by atoms with Crippen LogP contribution >= 0.6 is 0 Å². The van der Waals surface area contributed by atoms with Crippen molar-refractivity contribution in [2.75, 3.05) is 24.7 Å². The second-order valence-electron chi connectivity index (χ2n) is 5.63. The number of aliphatic hydroxyl groups excluding tert-OH is 1. The molecule has 1 aliphatic rings. The fourth-order valence-corrected chi connectivity index (χ4v) is 2.33. The van der Waals surface area contributed by atoms with Gasteiger partial charge in [0, 0.05) is 12.2 Å². The number of nitrogens with zero attached hydrogens (tertiary/aromatic N) is 2. The molecule has 4 heteroatoms. The molecule has 0 amide bonds. The van der Waals surface area contributed by atoms with Gasteiger partial charge in [-0.1, -0.05) is 20.4 Å². The molecule has 0 spiro atoms. The Morgan fingerprint density at radius 2 is 2.25 bits per heavy atom. The highest BCUT2D eigenvalue weighted by Gasteiger charge is 2.21. The van der Waals surface area contributed by atoms with Crippen LogP contribution in [-0.4, -0.2) is 29.8 Å². The maximum Gasteiger partial charge on any atom is 0.138 e. The van der Waals surface area contributed by atoms with E-state index >= 15 is 0 Å². The molecule has 0 saturated heterocycles. The zero-order valence-electron chi connectivity index (χ0n) is 12.4. The lowest BCUT2D eigenvalue weighted by Gasteiger charge is -2.31. The van der Waals surface area contributed by atoms with E-state index in [1.807, 2.05) is 4.90 Å². The van der Waals surface area contributed by atoms with Crippen LogP contribution in [-0.2, 0) is 6.42 Å². The Morgan fingerprint density at radius 3 is 2.95 bits per heavy atom. The highest BCUT2D eigenvalue weighted by Crippen LogP contribution is 2.32. The Labute approximate surface area is 121 Å². The average molecular weight is 276 g/mol. The maximum atomic E-state index is 9.15. The van der Waals surface area contributed by atoms with Crippen molar-refractivity contribution in [2.24, 2.45) is 5.92 Å². The van der Waals surface area contributed by atoms with Gasteiger partial charge in [0.05, 0.1) is 19.4 Å². The summed E-state index contributed by atoms with van der Waals surface area (Å²) in [5.74, 6) is 2.39. The van der Waals surface area contributed by atoms with Gasteiger partial charge in [0.1, 0.15) is 11.6 Å². The molecule has 1 aromatic heterocycles. The molecule has 2 heterocycles. The Morgan fingerprint density at radius 1 is 1.45 bits per heavy atom. The van der Waals surface area contributed by atoms with Gasteiger partial charge < -0.3 is 14.7 Å². The molecule has 1 N–H and O–H groups in total. The van der Waals surface area contributed by atoms with Gasteiger partial charge in [-0.25, -0.2) is 4.98 Å². The minimum Gasteiger partial charge on any atom is -0.492 e. The first-order valence-corrected chi connectivity index (χ1v) is 7.29. The number of anilines is 1. The molecule has 110 valence electrons. The first-order chi connectivity index (χ1) is 9.61. The summed E-state index contributed by atoms with van der Waals surface area (Å²) in [7, 11) is 0. The molecule has 0 fully saturated rings. The molecule has 20 heavy (non-hydrogen) atoms. The standard InChI is InChI=1S/C16H24N2O2/c1-12(2)6-9-20-15-10-14-5-4-13(3)18(7-8-19)16(14)17-11-15/h10-12,19H,3-9H2,1-2H3. The second-order valence-corrected chi connectivity index (χ2v) is 5.63. The van der Waals surface area contributed by atoms with Crippen molar-refractivity contribution in [1.82, 2.24) is 4.98 Å². The molecule has 0 radical (unpaired) electrons. The predicted molar refractivity (Wildman–Crippen MR) is 81.1 cm³/mol. The van der Waals surface area contributed by atoms with Crippen LogP contribution in [0.2, 0.25) is 0 Å². The van der Waals surface area contributed by atoms with Gasteiger partial charge in [0.2, 0.25) is 0 Å². The lowest BCUT2D eigenvalue weighted by molar-refractivity contribution is 0.288. The number of aryl methyl sites for hydroxylation is 1. The third-order valence-electron chi connectivity index (χ3n) is 3.53. The molecule has 0 unspecified atom stereocenters.